The van der Waals surface area contributed by atoms with Gasteiger partial charge >= 0.3 is 0 Å². The Morgan fingerprint density at radius 3 is 0.919 bits per heavy atom. The molecule has 4 heteroatoms. The second-order valence-electron chi connectivity index (χ2n) is 15.7. The SMILES string of the molecule is c1ccc(-c2cccc3c(-c4nc(-c5ccc(-c6nc(-c7cccc8c(-c9ccccc9)cccc78)c7ccccc7n6)c6ccccc56)nc5ccccc45)cccc23)cc1. The lowest BCUT2D eigenvalue weighted by molar-refractivity contribution is 1.23. The first-order valence-electron chi connectivity index (χ1n) is 21.0. The van der Waals surface area contributed by atoms with E-state index in [0.717, 1.165) is 77.0 Å². The van der Waals surface area contributed by atoms with Gasteiger partial charge in [0.15, 0.2) is 11.6 Å². The Hall–Kier alpha value is -8.34. The van der Waals surface area contributed by atoms with Gasteiger partial charge in [-0.15, -0.1) is 0 Å². The van der Waals surface area contributed by atoms with Crippen LogP contribution in [-0.2, 0) is 0 Å². The Labute approximate surface area is 358 Å². The smallest absolute Gasteiger partial charge is 0.161 e. The molecule has 0 aliphatic heterocycles. The van der Waals surface area contributed by atoms with Crippen molar-refractivity contribution in [3.8, 4) is 67.5 Å². The zero-order valence-corrected chi connectivity index (χ0v) is 33.6. The Morgan fingerprint density at radius 1 is 0.194 bits per heavy atom. The van der Waals surface area contributed by atoms with E-state index in [2.05, 4.69) is 206 Å². The minimum absolute atomic E-state index is 0.669. The molecule has 2 aromatic heterocycles. The summed E-state index contributed by atoms with van der Waals surface area (Å²) in [5.74, 6) is 1.34. The summed E-state index contributed by atoms with van der Waals surface area (Å²) in [4.78, 5) is 21.4. The zero-order valence-electron chi connectivity index (χ0n) is 33.6. The highest BCUT2D eigenvalue weighted by Crippen LogP contribution is 2.41. The van der Waals surface area contributed by atoms with Gasteiger partial charge in [-0.1, -0.05) is 194 Å². The highest BCUT2D eigenvalue weighted by atomic mass is 14.9. The molecule has 0 unspecified atom stereocenters. The van der Waals surface area contributed by atoms with Crippen LogP contribution in [-0.4, -0.2) is 19.9 Å². The number of hydrogen-bond donors (Lipinski definition) is 0. The molecular weight excluding hydrogens is 753 g/mol. The lowest BCUT2D eigenvalue weighted by Crippen LogP contribution is -1.99. The maximum atomic E-state index is 5.46. The van der Waals surface area contributed by atoms with Crippen LogP contribution >= 0.6 is 0 Å². The molecule has 0 aliphatic rings. The van der Waals surface area contributed by atoms with Crippen LogP contribution in [0.5, 0.6) is 0 Å². The van der Waals surface area contributed by atoms with Crippen LogP contribution in [0, 0.1) is 0 Å². The van der Waals surface area contributed by atoms with Crippen LogP contribution in [0.3, 0.4) is 0 Å². The zero-order chi connectivity index (χ0) is 41.0. The molecule has 0 radical (unpaired) electrons. The van der Waals surface area contributed by atoms with Gasteiger partial charge in [-0.05, 0) is 78.8 Å². The van der Waals surface area contributed by atoms with E-state index in [0.29, 0.717) is 11.6 Å². The van der Waals surface area contributed by atoms with Crippen molar-refractivity contribution >= 4 is 54.1 Å². The summed E-state index contributed by atoms with van der Waals surface area (Å²) in [6, 6.07) is 76.8. The second-order valence-corrected chi connectivity index (χ2v) is 15.7. The molecule has 288 valence electrons. The molecule has 2 heterocycles. The molecule has 0 bridgehead atoms. The van der Waals surface area contributed by atoms with Gasteiger partial charge in [-0.3, -0.25) is 0 Å². The molecule has 10 aromatic carbocycles. The third-order valence-corrected chi connectivity index (χ3v) is 12.1. The summed E-state index contributed by atoms with van der Waals surface area (Å²) < 4.78 is 0. The molecule has 12 aromatic rings. The molecule has 0 atom stereocenters. The predicted molar refractivity (Wildman–Crippen MR) is 258 cm³/mol. The quantitative estimate of drug-likeness (QED) is 0.168. The normalized spacial score (nSPS) is 11.5. The highest BCUT2D eigenvalue weighted by molar-refractivity contribution is 6.11. The number of rotatable bonds is 6. The topological polar surface area (TPSA) is 51.6 Å². The number of hydrogen-bond acceptors (Lipinski definition) is 4. The Morgan fingerprint density at radius 2 is 0.500 bits per heavy atom. The van der Waals surface area contributed by atoms with E-state index in [4.69, 9.17) is 19.9 Å². The standard InChI is InChI=1S/C58H36N4/c1-3-17-37(18-4-1)39-25-13-29-43-41(39)27-15-31-47(43)55-51-23-9-11-33-53(51)59-57(61-55)49-35-36-50(46-22-8-7-21-45(46)49)58-60-54-34-12-10-24-52(54)56(62-58)48-32-16-28-42-40(26-14-30-44(42)48)38-19-5-2-6-20-38/h1-36H. The lowest BCUT2D eigenvalue weighted by atomic mass is 9.93. The molecule has 0 aliphatic carbocycles. The lowest BCUT2D eigenvalue weighted by Gasteiger charge is -2.16. The third kappa shape index (κ3) is 5.92. The van der Waals surface area contributed by atoms with E-state index in [1.807, 2.05) is 12.1 Å². The number of aromatic nitrogens is 4. The predicted octanol–water partition coefficient (Wildman–Crippen LogP) is 15.0. The Bertz CT molecular complexity index is 3450. The number of benzene rings is 10. The van der Waals surface area contributed by atoms with Gasteiger partial charge in [-0.2, -0.15) is 0 Å². The van der Waals surface area contributed by atoms with Gasteiger partial charge in [0, 0.05) is 33.0 Å². The van der Waals surface area contributed by atoms with Gasteiger partial charge in [-0.25, -0.2) is 19.9 Å². The van der Waals surface area contributed by atoms with Crippen LogP contribution in [0.15, 0.2) is 218 Å². The molecule has 0 amide bonds. The maximum absolute atomic E-state index is 5.46. The summed E-state index contributed by atoms with van der Waals surface area (Å²) in [5.41, 5.74) is 12.4. The van der Waals surface area contributed by atoms with Crippen LogP contribution in [0.25, 0.3) is 122 Å². The molecule has 0 spiro atoms. The summed E-state index contributed by atoms with van der Waals surface area (Å²) in [6.07, 6.45) is 0. The highest BCUT2D eigenvalue weighted by Gasteiger charge is 2.20. The second kappa shape index (κ2) is 14.7. The van der Waals surface area contributed by atoms with Crippen molar-refractivity contribution in [1.82, 2.24) is 19.9 Å². The van der Waals surface area contributed by atoms with Gasteiger partial charge in [0.05, 0.1) is 22.4 Å². The summed E-state index contributed by atoms with van der Waals surface area (Å²) in [5, 5.41) is 8.76. The monoisotopic (exact) mass is 788 g/mol. The first kappa shape index (κ1) is 35.6. The third-order valence-electron chi connectivity index (χ3n) is 12.1. The largest absolute Gasteiger partial charge is 0.228 e. The Balaban J connectivity index is 1.04. The van der Waals surface area contributed by atoms with E-state index in [1.165, 1.54) is 33.0 Å². The van der Waals surface area contributed by atoms with Crippen molar-refractivity contribution in [3.63, 3.8) is 0 Å². The average molecular weight is 789 g/mol. The first-order chi connectivity index (χ1) is 30.8. The van der Waals surface area contributed by atoms with Gasteiger partial charge in [0.2, 0.25) is 0 Å². The van der Waals surface area contributed by atoms with Crippen molar-refractivity contribution in [3.05, 3.63) is 218 Å². The van der Waals surface area contributed by atoms with Crippen molar-refractivity contribution in [2.24, 2.45) is 0 Å². The summed E-state index contributed by atoms with van der Waals surface area (Å²) >= 11 is 0. The van der Waals surface area contributed by atoms with Gasteiger partial charge < -0.3 is 0 Å². The summed E-state index contributed by atoms with van der Waals surface area (Å²) in [6.45, 7) is 0. The van der Waals surface area contributed by atoms with Crippen LogP contribution in [0.2, 0.25) is 0 Å². The van der Waals surface area contributed by atoms with Crippen molar-refractivity contribution < 1.29 is 0 Å². The summed E-state index contributed by atoms with van der Waals surface area (Å²) in [7, 11) is 0. The number of para-hydroxylation sites is 2. The fourth-order valence-electron chi connectivity index (χ4n) is 9.27. The van der Waals surface area contributed by atoms with E-state index < -0.39 is 0 Å². The molecule has 4 nitrogen and oxygen atoms in total. The van der Waals surface area contributed by atoms with E-state index in [-0.39, 0.29) is 0 Å². The number of fused-ring (bicyclic) bond motifs is 5. The van der Waals surface area contributed by atoms with Gasteiger partial charge in [0.25, 0.3) is 0 Å². The van der Waals surface area contributed by atoms with Crippen LogP contribution in [0.1, 0.15) is 0 Å². The van der Waals surface area contributed by atoms with Crippen LogP contribution < -0.4 is 0 Å². The molecule has 0 saturated carbocycles. The molecule has 62 heavy (non-hydrogen) atoms. The van der Waals surface area contributed by atoms with Crippen LogP contribution in [0.4, 0.5) is 0 Å². The van der Waals surface area contributed by atoms with Gasteiger partial charge in [0.1, 0.15) is 0 Å². The van der Waals surface area contributed by atoms with E-state index in [9.17, 15) is 0 Å². The molecule has 12 rings (SSSR count). The fourth-order valence-corrected chi connectivity index (χ4v) is 9.27. The number of nitrogens with zero attached hydrogens (tertiary/aromatic N) is 4. The fraction of sp³-hybridized carbons (Fsp3) is 0. The Kier molecular flexibility index (Phi) is 8.46. The van der Waals surface area contributed by atoms with Crippen molar-refractivity contribution in [2.75, 3.05) is 0 Å². The average Bonchev–Trinajstić information content (AvgIpc) is 3.35. The van der Waals surface area contributed by atoms with E-state index >= 15 is 0 Å². The minimum atomic E-state index is 0.669. The van der Waals surface area contributed by atoms with Crippen molar-refractivity contribution in [2.45, 2.75) is 0 Å². The molecule has 0 saturated heterocycles. The van der Waals surface area contributed by atoms with Crippen molar-refractivity contribution in [1.29, 1.82) is 0 Å². The molecule has 0 fully saturated rings. The molecule has 0 N–H and O–H groups in total. The minimum Gasteiger partial charge on any atom is -0.228 e. The maximum Gasteiger partial charge on any atom is 0.161 e. The molecular formula is C58H36N4. The van der Waals surface area contributed by atoms with E-state index in [1.54, 1.807) is 0 Å². The first-order valence-corrected chi connectivity index (χ1v) is 21.0.